The van der Waals surface area contributed by atoms with Gasteiger partial charge in [0.15, 0.2) is 28.5 Å². The zero-order valence-electron chi connectivity index (χ0n) is 21.0. The van der Waals surface area contributed by atoms with Gasteiger partial charge in [-0.2, -0.15) is 14.4 Å². The largest absolute Gasteiger partial charge is 0.508 e. The lowest BCUT2D eigenvalue weighted by atomic mass is 10.1. The minimum Gasteiger partial charge on any atom is -0.508 e. The maximum absolute atomic E-state index is 14.1. The number of aromatic nitrogens is 4. The summed E-state index contributed by atoms with van der Waals surface area (Å²) in [4.78, 5) is 26.5. The molecule has 0 aliphatic carbocycles. The quantitative estimate of drug-likeness (QED) is 0.465. The van der Waals surface area contributed by atoms with Crippen molar-refractivity contribution in [3.05, 3.63) is 29.6 Å². The molecule has 12 heteroatoms. The fraction of sp³-hybridized carbons (Fsp3) is 0.500. The topological polar surface area (TPSA) is 138 Å². The zero-order valence-corrected chi connectivity index (χ0v) is 21.0. The van der Waals surface area contributed by atoms with E-state index in [1.54, 1.807) is 36.3 Å². The van der Waals surface area contributed by atoms with Crippen LogP contribution in [0.25, 0.3) is 11.2 Å². The molecule has 3 heterocycles. The van der Waals surface area contributed by atoms with Gasteiger partial charge in [0, 0.05) is 37.7 Å². The number of amides is 1. The van der Waals surface area contributed by atoms with Crippen molar-refractivity contribution >= 4 is 23.1 Å². The minimum atomic E-state index is -0.982. The molecule has 0 radical (unpaired) electrons. The van der Waals surface area contributed by atoms with Gasteiger partial charge in [0.2, 0.25) is 6.79 Å². The third-order valence-electron chi connectivity index (χ3n) is 5.43. The zero-order chi connectivity index (χ0) is 26.2. The van der Waals surface area contributed by atoms with E-state index in [4.69, 9.17) is 19.9 Å². The van der Waals surface area contributed by atoms with Crippen molar-refractivity contribution in [1.82, 2.24) is 24.4 Å². The molecule has 194 valence electrons. The number of aromatic hydroxyl groups is 1. The number of fused-ring (bicyclic) bond motifs is 2. The first-order chi connectivity index (χ1) is 16.9. The van der Waals surface area contributed by atoms with Gasteiger partial charge in [-0.15, -0.1) is 0 Å². The number of ether oxygens (including phenoxy) is 3. The van der Waals surface area contributed by atoms with E-state index >= 15 is 0 Å². The molecule has 0 atom stereocenters. The van der Waals surface area contributed by atoms with Crippen molar-refractivity contribution in [3.8, 4) is 17.2 Å². The summed E-state index contributed by atoms with van der Waals surface area (Å²) in [6.45, 7) is 10.4. The third kappa shape index (κ3) is 5.52. The van der Waals surface area contributed by atoms with Crippen LogP contribution in [0.5, 0.6) is 17.2 Å². The van der Waals surface area contributed by atoms with E-state index in [1.165, 1.54) is 6.07 Å². The summed E-state index contributed by atoms with van der Waals surface area (Å²) in [5, 5.41) is 10.5. The van der Waals surface area contributed by atoms with Gasteiger partial charge in [0.05, 0.1) is 0 Å². The number of phenols is 1. The van der Waals surface area contributed by atoms with Crippen molar-refractivity contribution in [3.63, 3.8) is 0 Å². The SMILES string of the molecule is CC(C)CN(CCn1c(Cc2cc3c(cc2O)OCO3)nc2c(N)nc(F)nc21)C(=O)OC(C)(C)C. The first-order valence-electron chi connectivity index (χ1n) is 11.7. The summed E-state index contributed by atoms with van der Waals surface area (Å²) in [7, 11) is 0. The maximum Gasteiger partial charge on any atom is 0.410 e. The summed E-state index contributed by atoms with van der Waals surface area (Å²) >= 11 is 0. The van der Waals surface area contributed by atoms with Crippen LogP contribution in [-0.2, 0) is 17.7 Å². The Morgan fingerprint density at radius 3 is 2.61 bits per heavy atom. The van der Waals surface area contributed by atoms with Crippen LogP contribution in [0.15, 0.2) is 12.1 Å². The smallest absolute Gasteiger partial charge is 0.410 e. The number of carbonyl (C=O) groups is 1. The minimum absolute atomic E-state index is 0.00159. The molecular weight excluding hydrogens is 471 g/mol. The molecule has 2 aromatic heterocycles. The molecule has 0 unspecified atom stereocenters. The van der Waals surface area contributed by atoms with Gasteiger partial charge in [0.1, 0.15) is 17.2 Å². The maximum atomic E-state index is 14.1. The Morgan fingerprint density at radius 2 is 1.94 bits per heavy atom. The van der Waals surface area contributed by atoms with Crippen molar-refractivity contribution in [2.45, 2.75) is 53.2 Å². The van der Waals surface area contributed by atoms with Crippen LogP contribution in [-0.4, -0.2) is 61.1 Å². The van der Waals surface area contributed by atoms with Gasteiger partial charge < -0.3 is 34.5 Å². The fourth-order valence-electron chi connectivity index (χ4n) is 3.94. The molecule has 3 aromatic rings. The van der Waals surface area contributed by atoms with Gasteiger partial charge in [-0.1, -0.05) is 13.8 Å². The predicted octanol–water partition coefficient (Wildman–Crippen LogP) is 3.47. The molecule has 0 saturated heterocycles. The monoisotopic (exact) mass is 502 g/mol. The van der Waals surface area contributed by atoms with Crippen LogP contribution in [0, 0.1) is 12.0 Å². The Bertz CT molecular complexity index is 1290. The summed E-state index contributed by atoms with van der Waals surface area (Å²) in [6, 6.07) is 3.15. The number of nitrogen functional groups attached to an aromatic ring is 1. The number of hydrogen-bond acceptors (Lipinski definition) is 9. The standard InChI is InChI=1S/C24H31FN6O5/c1-13(2)11-30(23(33)36-24(3,4)5)6-7-31-18(27-19-20(26)28-22(25)29-21(19)31)9-14-8-16-17(10-15(14)32)35-12-34-16/h8,10,13,32H,6-7,9,11-12H2,1-5H3,(H2,26,28,29). The molecule has 0 bridgehead atoms. The third-order valence-corrected chi connectivity index (χ3v) is 5.43. The summed E-state index contributed by atoms with van der Waals surface area (Å²) < 4.78 is 32.1. The molecule has 1 aromatic carbocycles. The van der Waals surface area contributed by atoms with Crippen molar-refractivity contribution < 1.29 is 28.5 Å². The van der Waals surface area contributed by atoms with E-state index in [9.17, 15) is 14.3 Å². The Morgan fingerprint density at radius 1 is 1.25 bits per heavy atom. The molecule has 0 spiro atoms. The number of nitrogens with zero attached hydrogens (tertiary/aromatic N) is 5. The van der Waals surface area contributed by atoms with Gasteiger partial charge in [-0.05, 0) is 32.8 Å². The highest BCUT2D eigenvalue weighted by molar-refractivity contribution is 5.82. The molecule has 36 heavy (non-hydrogen) atoms. The summed E-state index contributed by atoms with van der Waals surface area (Å²) in [5.41, 5.74) is 6.24. The average molecular weight is 503 g/mol. The average Bonchev–Trinajstić information content (AvgIpc) is 3.34. The van der Waals surface area contributed by atoms with Crippen molar-refractivity contribution in [1.29, 1.82) is 0 Å². The van der Waals surface area contributed by atoms with Crippen LogP contribution in [0.2, 0.25) is 0 Å². The molecule has 0 fully saturated rings. The van der Waals surface area contributed by atoms with Crippen molar-refractivity contribution in [2.75, 3.05) is 25.6 Å². The predicted molar refractivity (Wildman–Crippen MR) is 129 cm³/mol. The summed E-state index contributed by atoms with van der Waals surface area (Å²) in [6.07, 6.45) is -1.27. The number of nitrogens with two attached hydrogens (primary N) is 1. The number of rotatable bonds is 7. The Hall–Kier alpha value is -3.83. The lowest BCUT2D eigenvalue weighted by molar-refractivity contribution is 0.0222. The van der Waals surface area contributed by atoms with Crippen LogP contribution in [0.1, 0.15) is 46.0 Å². The van der Waals surface area contributed by atoms with Gasteiger partial charge in [-0.25, -0.2) is 9.78 Å². The van der Waals surface area contributed by atoms with Gasteiger partial charge in [-0.3, -0.25) is 0 Å². The lowest BCUT2D eigenvalue weighted by Crippen LogP contribution is -2.40. The lowest BCUT2D eigenvalue weighted by Gasteiger charge is -2.29. The number of phenolic OH excluding ortho intramolecular Hbond substituents is 1. The number of anilines is 1. The van der Waals surface area contributed by atoms with E-state index in [2.05, 4.69) is 15.0 Å². The molecule has 0 saturated carbocycles. The van der Waals surface area contributed by atoms with E-state index in [-0.39, 0.29) is 55.0 Å². The number of carbonyl (C=O) groups excluding carboxylic acids is 1. The second-order valence-corrected chi connectivity index (χ2v) is 10.1. The Labute approximate surface area is 208 Å². The first-order valence-corrected chi connectivity index (χ1v) is 11.7. The van der Waals surface area contributed by atoms with E-state index in [0.717, 1.165) is 0 Å². The highest BCUT2D eigenvalue weighted by Crippen LogP contribution is 2.38. The van der Waals surface area contributed by atoms with Crippen LogP contribution in [0.4, 0.5) is 15.0 Å². The molecule has 1 amide bonds. The molecule has 1 aliphatic rings. The fourth-order valence-corrected chi connectivity index (χ4v) is 3.94. The van der Waals surface area contributed by atoms with Gasteiger partial charge in [0.25, 0.3) is 0 Å². The second kappa shape index (κ2) is 9.67. The Kier molecular flexibility index (Phi) is 6.79. The first kappa shape index (κ1) is 25.3. The number of hydrogen-bond donors (Lipinski definition) is 2. The van der Waals surface area contributed by atoms with E-state index < -0.39 is 17.8 Å². The van der Waals surface area contributed by atoms with Crippen molar-refractivity contribution in [2.24, 2.45) is 5.92 Å². The van der Waals surface area contributed by atoms with Crippen LogP contribution in [0.3, 0.4) is 0 Å². The van der Waals surface area contributed by atoms with Crippen LogP contribution >= 0.6 is 0 Å². The Balaban J connectivity index is 1.69. The number of halogens is 1. The number of imidazole rings is 1. The molecular formula is C24H31FN6O5. The molecule has 1 aliphatic heterocycles. The van der Waals surface area contributed by atoms with Crippen LogP contribution < -0.4 is 15.2 Å². The molecule has 11 nitrogen and oxygen atoms in total. The van der Waals surface area contributed by atoms with E-state index in [0.29, 0.717) is 29.4 Å². The van der Waals surface area contributed by atoms with E-state index in [1.807, 2.05) is 13.8 Å². The van der Waals surface area contributed by atoms with Gasteiger partial charge >= 0.3 is 12.2 Å². The highest BCUT2D eigenvalue weighted by atomic mass is 19.1. The second-order valence-electron chi connectivity index (χ2n) is 10.1. The summed E-state index contributed by atoms with van der Waals surface area (Å²) in [5.74, 6) is 1.50. The number of benzene rings is 1. The molecule has 3 N–H and O–H groups in total. The molecule has 4 rings (SSSR count). The normalized spacial score (nSPS) is 13.0. The highest BCUT2D eigenvalue weighted by Gasteiger charge is 2.25.